The molecule has 5 rings (SSSR count). The number of benzene rings is 1. The Hall–Kier alpha value is -1.89. The van der Waals surface area contributed by atoms with E-state index in [1.807, 2.05) is 25.1 Å². The Morgan fingerprint density at radius 3 is 2.86 bits per heavy atom. The zero-order valence-electron chi connectivity index (χ0n) is 16.7. The largest absolute Gasteiger partial charge is 0.468 e. The van der Waals surface area contributed by atoms with Gasteiger partial charge in [0.05, 0.1) is 32.7 Å². The lowest BCUT2D eigenvalue weighted by Crippen LogP contribution is -2.71. The Bertz CT molecular complexity index is 900. The Morgan fingerprint density at radius 2 is 2.18 bits per heavy atom. The lowest BCUT2D eigenvalue weighted by atomic mass is 9.56. The molecule has 0 radical (unpaired) electrons. The van der Waals surface area contributed by atoms with Gasteiger partial charge in [0.15, 0.2) is 0 Å². The molecule has 2 saturated heterocycles. The average Bonchev–Trinajstić information content (AvgIpc) is 3.20. The number of ether oxygens (including phenoxy) is 1. The number of anilines is 1. The predicted molar refractivity (Wildman–Crippen MR) is 104 cm³/mol. The maximum atomic E-state index is 13.5. The van der Waals surface area contributed by atoms with Gasteiger partial charge in [0.1, 0.15) is 18.1 Å². The molecular formula is C22H29N2O4+. The monoisotopic (exact) mass is 385 g/mol. The van der Waals surface area contributed by atoms with Crippen LogP contribution in [0.1, 0.15) is 25.3 Å². The number of likely N-dealkylation sites (N-methyl/N-ethyl adjacent to an activating group) is 1. The zero-order chi connectivity index (χ0) is 19.9. The van der Waals surface area contributed by atoms with E-state index in [1.165, 1.54) is 12.7 Å². The number of carbonyl (C=O) groups excluding carboxylic acids is 1. The first-order chi connectivity index (χ1) is 13.4. The molecule has 150 valence electrons. The molecule has 1 aromatic rings. The summed E-state index contributed by atoms with van der Waals surface area (Å²) in [5, 5.41) is 26.4. The highest BCUT2D eigenvalue weighted by Crippen LogP contribution is 2.75. The molecule has 4 aliphatic rings. The summed E-state index contributed by atoms with van der Waals surface area (Å²) in [5.74, 6) is -0.817. The third-order valence-corrected chi connectivity index (χ3v) is 8.64. The minimum atomic E-state index is -1.19. The van der Waals surface area contributed by atoms with E-state index in [-0.39, 0.29) is 6.61 Å². The number of nitrogens with zero attached hydrogens (tertiary/aromatic N) is 1. The van der Waals surface area contributed by atoms with Crippen LogP contribution in [-0.2, 0) is 14.9 Å². The number of quaternary nitrogens is 1. The van der Waals surface area contributed by atoms with Gasteiger partial charge in [0.25, 0.3) is 0 Å². The van der Waals surface area contributed by atoms with Crippen molar-refractivity contribution in [2.24, 2.45) is 11.3 Å². The van der Waals surface area contributed by atoms with Crippen LogP contribution in [-0.4, -0.2) is 66.3 Å². The number of hydrogen-bond acceptors (Lipinski definition) is 5. The van der Waals surface area contributed by atoms with Gasteiger partial charge in [-0.25, -0.2) is 0 Å². The number of rotatable bonds is 2. The van der Waals surface area contributed by atoms with Crippen molar-refractivity contribution >= 4 is 11.7 Å². The minimum absolute atomic E-state index is 0.337. The van der Waals surface area contributed by atoms with E-state index < -0.39 is 34.5 Å². The van der Waals surface area contributed by atoms with Crippen molar-refractivity contribution in [3.8, 4) is 0 Å². The third-order valence-electron chi connectivity index (χ3n) is 8.64. The van der Waals surface area contributed by atoms with Gasteiger partial charge < -0.3 is 20.3 Å². The summed E-state index contributed by atoms with van der Waals surface area (Å²) in [7, 11) is 3.57. The van der Waals surface area contributed by atoms with Gasteiger partial charge in [-0.1, -0.05) is 24.3 Å². The number of hydrogen-bond donors (Lipinski definition) is 3. The van der Waals surface area contributed by atoms with Gasteiger partial charge in [-0.15, -0.1) is 0 Å². The van der Waals surface area contributed by atoms with Gasteiger partial charge >= 0.3 is 5.97 Å². The van der Waals surface area contributed by atoms with Gasteiger partial charge in [-0.05, 0) is 30.5 Å². The fraction of sp³-hybridized carbons (Fsp3) is 0.591. The molecule has 28 heavy (non-hydrogen) atoms. The van der Waals surface area contributed by atoms with E-state index in [0.29, 0.717) is 17.3 Å². The highest BCUT2D eigenvalue weighted by Gasteiger charge is 2.90. The van der Waals surface area contributed by atoms with Crippen molar-refractivity contribution in [2.45, 2.75) is 36.9 Å². The van der Waals surface area contributed by atoms with E-state index in [4.69, 9.17) is 4.74 Å². The maximum absolute atomic E-state index is 13.5. The molecule has 3 fully saturated rings. The number of aliphatic hydroxyl groups is 2. The molecule has 0 aromatic heterocycles. The lowest BCUT2D eigenvalue weighted by Gasteiger charge is -2.50. The summed E-state index contributed by atoms with van der Waals surface area (Å²) in [5.41, 5.74) is 0.542. The number of allylic oxidation sites excluding steroid dienone is 1. The molecule has 6 atom stereocenters. The Kier molecular flexibility index (Phi) is 3.49. The summed E-state index contributed by atoms with van der Waals surface area (Å²) in [6, 6.07) is 8.03. The molecule has 0 amide bonds. The van der Waals surface area contributed by atoms with E-state index in [2.05, 4.69) is 24.5 Å². The summed E-state index contributed by atoms with van der Waals surface area (Å²) >= 11 is 0. The fourth-order valence-electron chi connectivity index (χ4n) is 7.64. The summed E-state index contributed by atoms with van der Waals surface area (Å²) in [6.45, 7) is 3.33. The average molecular weight is 385 g/mol. The number of nitrogens with one attached hydrogen (secondary N) is 1. The van der Waals surface area contributed by atoms with Gasteiger partial charge in [-0.2, -0.15) is 0 Å². The van der Waals surface area contributed by atoms with Crippen molar-refractivity contribution in [1.82, 2.24) is 0 Å². The lowest BCUT2D eigenvalue weighted by molar-refractivity contribution is -0.942. The van der Waals surface area contributed by atoms with Crippen LogP contribution in [0, 0.1) is 11.3 Å². The normalized spacial score (nSPS) is 46.7. The number of para-hydroxylation sites is 1. The second-order valence-corrected chi connectivity index (χ2v) is 9.19. The van der Waals surface area contributed by atoms with E-state index >= 15 is 0 Å². The summed E-state index contributed by atoms with van der Waals surface area (Å²) < 4.78 is 5.94. The highest BCUT2D eigenvalue weighted by molar-refractivity contribution is 5.85. The van der Waals surface area contributed by atoms with Gasteiger partial charge in [0.2, 0.25) is 5.66 Å². The number of methoxy groups -OCH3 is 1. The van der Waals surface area contributed by atoms with Gasteiger partial charge in [0, 0.05) is 18.0 Å². The molecule has 6 heteroatoms. The van der Waals surface area contributed by atoms with Crippen LogP contribution in [0.3, 0.4) is 0 Å². The highest BCUT2D eigenvalue weighted by atomic mass is 16.5. The van der Waals surface area contributed by atoms with Crippen molar-refractivity contribution in [2.75, 3.05) is 39.2 Å². The Balaban J connectivity index is 1.92. The predicted octanol–water partition coefficient (Wildman–Crippen LogP) is 1.39. The molecule has 6 nitrogen and oxygen atoms in total. The molecule has 1 spiro atoms. The zero-order valence-corrected chi connectivity index (χ0v) is 16.7. The number of aliphatic hydroxyl groups excluding tert-OH is 2. The molecular weight excluding hydrogens is 356 g/mol. The first kappa shape index (κ1) is 18.2. The summed E-state index contributed by atoms with van der Waals surface area (Å²) in [4.78, 5) is 13.5. The van der Waals surface area contributed by atoms with Crippen LogP contribution in [0.25, 0.3) is 0 Å². The molecule has 1 saturated carbocycles. The number of fused-ring (bicyclic) bond motifs is 2. The van der Waals surface area contributed by atoms with Crippen molar-refractivity contribution in [3.63, 3.8) is 0 Å². The van der Waals surface area contributed by atoms with Gasteiger partial charge in [-0.3, -0.25) is 9.28 Å². The first-order valence-electron chi connectivity index (χ1n) is 10.1. The molecule has 3 heterocycles. The second-order valence-electron chi connectivity index (χ2n) is 9.19. The van der Waals surface area contributed by atoms with Crippen LogP contribution in [0.4, 0.5) is 5.69 Å². The maximum Gasteiger partial charge on any atom is 0.315 e. The second kappa shape index (κ2) is 5.38. The van der Waals surface area contributed by atoms with E-state index in [1.54, 1.807) is 0 Å². The van der Waals surface area contributed by atoms with E-state index in [9.17, 15) is 15.0 Å². The quantitative estimate of drug-likeness (QED) is 0.407. The van der Waals surface area contributed by atoms with Crippen molar-refractivity contribution < 1.29 is 24.2 Å². The molecule has 3 N–H and O–H groups in total. The Labute approximate surface area is 165 Å². The van der Waals surface area contributed by atoms with Crippen molar-refractivity contribution in [3.05, 3.63) is 41.5 Å². The van der Waals surface area contributed by atoms with Crippen LogP contribution in [0.15, 0.2) is 35.9 Å². The number of esters is 1. The smallest absolute Gasteiger partial charge is 0.315 e. The van der Waals surface area contributed by atoms with Crippen molar-refractivity contribution in [1.29, 1.82) is 0 Å². The number of carbonyl (C=O) groups is 1. The standard InChI is InChI=1S/C22H29N2O4/c1-4-14-11-16-18(26)22-21(9-10-24(22,2)12-14,20(16,13-25)19(27)28-3)15-7-5-6-8-17(15)23-22/h4-8,16,18,23,25-26H,9-13H2,1-3H3/q+1/t16-,18?,20-,21-,22?,24?/m0/s1. The molecule has 1 aromatic carbocycles. The Morgan fingerprint density at radius 1 is 1.43 bits per heavy atom. The molecule has 3 aliphatic heterocycles. The van der Waals surface area contributed by atoms with Crippen LogP contribution >= 0.6 is 0 Å². The van der Waals surface area contributed by atoms with Crippen LogP contribution < -0.4 is 5.32 Å². The topological polar surface area (TPSA) is 78.8 Å². The SMILES string of the molecule is CC=C1C[C@H]2C(O)C34Nc5ccccc5[C@@]3(CC[N+]4(C)C1)[C@]2(CO)C(=O)OC. The summed E-state index contributed by atoms with van der Waals surface area (Å²) in [6.07, 6.45) is 2.63. The first-order valence-corrected chi connectivity index (χ1v) is 10.1. The fourth-order valence-corrected chi connectivity index (χ4v) is 7.64. The van der Waals surface area contributed by atoms with E-state index in [0.717, 1.165) is 24.3 Å². The van der Waals surface area contributed by atoms with Crippen LogP contribution in [0.2, 0.25) is 0 Å². The molecule has 2 bridgehead atoms. The molecule has 1 aliphatic carbocycles. The molecule has 3 unspecified atom stereocenters. The third kappa shape index (κ3) is 1.52. The minimum Gasteiger partial charge on any atom is -0.468 e. The van der Waals surface area contributed by atoms with Crippen LogP contribution in [0.5, 0.6) is 0 Å².